The summed E-state index contributed by atoms with van der Waals surface area (Å²) >= 11 is 0. The summed E-state index contributed by atoms with van der Waals surface area (Å²) in [5, 5.41) is 3.17. The van der Waals surface area contributed by atoms with Gasteiger partial charge in [-0.05, 0) is 18.6 Å². The first-order chi connectivity index (χ1) is 6.24. The molecule has 70 valence electrons. The molecule has 0 spiro atoms. The summed E-state index contributed by atoms with van der Waals surface area (Å²) in [6.07, 6.45) is 0.295. The maximum absolute atomic E-state index is 10.7. The summed E-state index contributed by atoms with van der Waals surface area (Å²) < 4.78 is 0. The molecule has 0 atom stereocenters. The Balaban J connectivity index is 2.84. The SMILES string of the molecule is CCNc1ccccc1CC(N)=O. The van der Waals surface area contributed by atoms with Gasteiger partial charge in [0.15, 0.2) is 0 Å². The number of nitrogens with two attached hydrogens (primary N) is 1. The van der Waals surface area contributed by atoms with Crippen molar-refractivity contribution in [1.82, 2.24) is 0 Å². The number of hydrogen-bond donors (Lipinski definition) is 2. The van der Waals surface area contributed by atoms with Crippen molar-refractivity contribution in [2.45, 2.75) is 13.3 Å². The third kappa shape index (κ3) is 2.78. The number of carbonyl (C=O) groups is 1. The molecule has 0 heterocycles. The Morgan fingerprint density at radius 1 is 1.46 bits per heavy atom. The molecule has 0 radical (unpaired) electrons. The van der Waals surface area contributed by atoms with E-state index < -0.39 is 0 Å². The number of nitrogens with one attached hydrogen (secondary N) is 1. The lowest BCUT2D eigenvalue weighted by Gasteiger charge is -2.08. The largest absolute Gasteiger partial charge is 0.385 e. The zero-order valence-corrected chi connectivity index (χ0v) is 7.71. The van der Waals surface area contributed by atoms with Gasteiger partial charge < -0.3 is 11.1 Å². The normalized spacial score (nSPS) is 9.62. The van der Waals surface area contributed by atoms with Crippen molar-refractivity contribution in [1.29, 1.82) is 0 Å². The Morgan fingerprint density at radius 3 is 2.77 bits per heavy atom. The van der Waals surface area contributed by atoms with Crippen molar-refractivity contribution in [2.24, 2.45) is 5.73 Å². The quantitative estimate of drug-likeness (QED) is 0.726. The molecular weight excluding hydrogens is 164 g/mol. The van der Waals surface area contributed by atoms with Gasteiger partial charge in [0.25, 0.3) is 0 Å². The standard InChI is InChI=1S/C10H14N2O/c1-2-12-9-6-4-3-5-8(9)7-10(11)13/h3-6,12H,2,7H2,1H3,(H2,11,13). The number of para-hydroxylation sites is 1. The molecule has 3 heteroatoms. The molecule has 1 aromatic carbocycles. The summed E-state index contributed by atoms with van der Waals surface area (Å²) in [6, 6.07) is 7.69. The van der Waals surface area contributed by atoms with Gasteiger partial charge in [0, 0.05) is 12.2 Å². The topological polar surface area (TPSA) is 55.1 Å². The van der Waals surface area contributed by atoms with Crippen LogP contribution in [0.25, 0.3) is 0 Å². The minimum atomic E-state index is -0.301. The number of carbonyl (C=O) groups excluding carboxylic acids is 1. The van der Waals surface area contributed by atoms with E-state index >= 15 is 0 Å². The molecule has 0 fully saturated rings. The number of primary amides is 1. The molecule has 0 aliphatic carbocycles. The van der Waals surface area contributed by atoms with E-state index in [1.165, 1.54) is 0 Å². The van der Waals surface area contributed by atoms with Crippen molar-refractivity contribution in [2.75, 3.05) is 11.9 Å². The van der Waals surface area contributed by atoms with Crippen LogP contribution in [0.4, 0.5) is 5.69 Å². The minimum absolute atomic E-state index is 0.295. The average molecular weight is 178 g/mol. The number of benzene rings is 1. The fourth-order valence-electron chi connectivity index (χ4n) is 1.23. The molecule has 13 heavy (non-hydrogen) atoms. The number of anilines is 1. The van der Waals surface area contributed by atoms with E-state index in [-0.39, 0.29) is 5.91 Å². The van der Waals surface area contributed by atoms with E-state index in [0.717, 1.165) is 17.8 Å². The van der Waals surface area contributed by atoms with Crippen LogP contribution in [0.5, 0.6) is 0 Å². The van der Waals surface area contributed by atoms with Crippen LogP contribution in [0.15, 0.2) is 24.3 Å². The first-order valence-electron chi connectivity index (χ1n) is 4.34. The molecule has 0 aliphatic heterocycles. The highest BCUT2D eigenvalue weighted by atomic mass is 16.1. The highest BCUT2D eigenvalue weighted by Crippen LogP contribution is 2.14. The van der Waals surface area contributed by atoms with E-state index in [9.17, 15) is 4.79 Å². The molecule has 0 unspecified atom stereocenters. The lowest BCUT2D eigenvalue weighted by molar-refractivity contribution is -0.117. The molecule has 1 amide bonds. The lowest BCUT2D eigenvalue weighted by atomic mass is 10.1. The van der Waals surface area contributed by atoms with Crippen LogP contribution in [0.3, 0.4) is 0 Å². The summed E-state index contributed by atoms with van der Waals surface area (Å²) in [5.74, 6) is -0.301. The third-order valence-corrected chi connectivity index (χ3v) is 1.75. The molecular formula is C10H14N2O. The van der Waals surface area contributed by atoms with Crippen LogP contribution in [0, 0.1) is 0 Å². The Labute approximate surface area is 77.9 Å². The molecule has 3 N–H and O–H groups in total. The van der Waals surface area contributed by atoms with Gasteiger partial charge in [0.2, 0.25) is 5.91 Å². The third-order valence-electron chi connectivity index (χ3n) is 1.75. The predicted molar refractivity (Wildman–Crippen MR) is 53.5 cm³/mol. The Bertz CT molecular complexity index is 297. The highest BCUT2D eigenvalue weighted by Gasteiger charge is 2.02. The molecule has 1 rings (SSSR count). The van der Waals surface area contributed by atoms with Crippen LogP contribution in [-0.2, 0) is 11.2 Å². The first kappa shape index (κ1) is 9.58. The van der Waals surface area contributed by atoms with Crippen molar-refractivity contribution in [3.63, 3.8) is 0 Å². The van der Waals surface area contributed by atoms with E-state index in [1.54, 1.807) is 0 Å². The number of hydrogen-bond acceptors (Lipinski definition) is 2. The van der Waals surface area contributed by atoms with Gasteiger partial charge in [-0.1, -0.05) is 18.2 Å². The van der Waals surface area contributed by atoms with E-state index in [4.69, 9.17) is 5.73 Å². The van der Waals surface area contributed by atoms with Gasteiger partial charge in [-0.25, -0.2) is 0 Å². The smallest absolute Gasteiger partial charge is 0.221 e. The molecule has 0 bridgehead atoms. The van der Waals surface area contributed by atoms with Crippen molar-refractivity contribution in [3.8, 4) is 0 Å². The molecule has 0 saturated carbocycles. The first-order valence-corrected chi connectivity index (χ1v) is 4.34. The fourth-order valence-corrected chi connectivity index (χ4v) is 1.23. The molecule has 1 aromatic rings. The van der Waals surface area contributed by atoms with Gasteiger partial charge in [0.1, 0.15) is 0 Å². The van der Waals surface area contributed by atoms with Crippen molar-refractivity contribution < 1.29 is 4.79 Å². The fraction of sp³-hybridized carbons (Fsp3) is 0.300. The zero-order valence-electron chi connectivity index (χ0n) is 7.71. The number of rotatable bonds is 4. The van der Waals surface area contributed by atoms with Crippen LogP contribution in [-0.4, -0.2) is 12.5 Å². The van der Waals surface area contributed by atoms with Crippen LogP contribution in [0.1, 0.15) is 12.5 Å². The van der Waals surface area contributed by atoms with Crippen LogP contribution in [0.2, 0.25) is 0 Å². The summed E-state index contributed by atoms with van der Waals surface area (Å²) in [6.45, 7) is 2.86. The Hall–Kier alpha value is -1.51. The molecule has 0 aliphatic rings. The maximum Gasteiger partial charge on any atom is 0.221 e. The van der Waals surface area contributed by atoms with Gasteiger partial charge >= 0.3 is 0 Å². The van der Waals surface area contributed by atoms with E-state index in [2.05, 4.69) is 5.32 Å². The maximum atomic E-state index is 10.7. The second-order valence-corrected chi connectivity index (χ2v) is 2.83. The van der Waals surface area contributed by atoms with E-state index in [1.807, 2.05) is 31.2 Å². The van der Waals surface area contributed by atoms with Gasteiger partial charge in [-0.2, -0.15) is 0 Å². The summed E-state index contributed by atoms with van der Waals surface area (Å²) in [7, 11) is 0. The van der Waals surface area contributed by atoms with Gasteiger partial charge in [-0.3, -0.25) is 4.79 Å². The van der Waals surface area contributed by atoms with Crippen LogP contribution >= 0.6 is 0 Å². The lowest BCUT2D eigenvalue weighted by Crippen LogP contribution is -2.15. The second kappa shape index (κ2) is 4.50. The van der Waals surface area contributed by atoms with Crippen LogP contribution < -0.4 is 11.1 Å². The van der Waals surface area contributed by atoms with Gasteiger partial charge in [0.05, 0.1) is 6.42 Å². The summed E-state index contributed by atoms with van der Waals surface area (Å²) in [5.41, 5.74) is 7.07. The molecule has 3 nitrogen and oxygen atoms in total. The molecule has 0 aromatic heterocycles. The van der Waals surface area contributed by atoms with E-state index in [0.29, 0.717) is 6.42 Å². The monoisotopic (exact) mass is 178 g/mol. The molecule has 0 saturated heterocycles. The minimum Gasteiger partial charge on any atom is -0.385 e. The number of amides is 1. The Morgan fingerprint density at radius 2 is 2.15 bits per heavy atom. The Kier molecular flexibility index (Phi) is 3.31. The summed E-state index contributed by atoms with van der Waals surface area (Å²) in [4.78, 5) is 10.7. The highest BCUT2D eigenvalue weighted by molar-refractivity contribution is 5.78. The second-order valence-electron chi connectivity index (χ2n) is 2.83. The van der Waals surface area contributed by atoms with Crippen molar-refractivity contribution >= 4 is 11.6 Å². The predicted octanol–water partition coefficient (Wildman–Crippen LogP) is 1.15. The van der Waals surface area contributed by atoms with Gasteiger partial charge in [-0.15, -0.1) is 0 Å². The van der Waals surface area contributed by atoms with Crippen molar-refractivity contribution in [3.05, 3.63) is 29.8 Å². The zero-order chi connectivity index (χ0) is 9.68. The average Bonchev–Trinajstić information content (AvgIpc) is 2.08.